The van der Waals surface area contributed by atoms with Gasteiger partial charge in [0.2, 0.25) is 0 Å². The molecule has 1 N–H and O–H groups in total. The summed E-state index contributed by atoms with van der Waals surface area (Å²) in [7, 11) is 0. The molecule has 1 aliphatic heterocycles. The van der Waals surface area contributed by atoms with Crippen LogP contribution in [0.5, 0.6) is 0 Å². The maximum Gasteiger partial charge on any atom is 0.308 e. The third kappa shape index (κ3) is 5.26. The van der Waals surface area contributed by atoms with E-state index in [-0.39, 0.29) is 36.8 Å². The van der Waals surface area contributed by atoms with Crippen LogP contribution in [0.25, 0.3) is 0 Å². The summed E-state index contributed by atoms with van der Waals surface area (Å²) >= 11 is 0. The van der Waals surface area contributed by atoms with Gasteiger partial charge in [0, 0.05) is 24.3 Å². The number of nitrogens with zero attached hydrogens (tertiary/aromatic N) is 1. The van der Waals surface area contributed by atoms with Crippen LogP contribution in [0.2, 0.25) is 0 Å². The average molecular weight is 408 g/mol. The Hall–Kier alpha value is -3.15. The molecule has 6 nitrogen and oxygen atoms in total. The quantitative estimate of drug-likeness (QED) is 0.745. The molecule has 0 saturated heterocycles. The Bertz CT molecular complexity index is 929. The van der Waals surface area contributed by atoms with Gasteiger partial charge >= 0.3 is 5.97 Å². The highest BCUT2D eigenvalue weighted by atomic mass is 16.5. The lowest BCUT2D eigenvalue weighted by atomic mass is 9.87. The van der Waals surface area contributed by atoms with E-state index in [4.69, 9.17) is 4.74 Å². The molecular weight excluding hydrogens is 380 g/mol. The number of anilines is 1. The van der Waals surface area contributed by atoms with E-state index in [1.165, 1.54) is 0 Å². The van der Waals surface area contributed by atoms with Crippen molar-refractivity contribution in [2.75, 3.05) is 24.6 Å². The highest BCUT2D eigenvalue weighted by Crippen LogP contribution is 2.27. The van der Waals surface area contributed by atoms with Crippen molar-refractivity contribution in [3.63, 3.8) is 0 Å². The largest absolute Gasteiger partial charge is 0.455 e. The fraction of sp³-hybridized carbons (Fsp3) is 0.375. The van der Waals surface area contributed by atoms with E-state index in [9.17, 15) is 14.4 Å². The number of hydrogen-bond acceptors (Lipinski definition) is 4. The molecule has 2 aromatic carbocycles. The number of fused-ring (bicyclic) bond motifs is 1. The molecule has 1 heterocycles. The first-order valence-electron chi connectivity index (χ1n) is 10.2. The molecule has 30 heavy (non-hydrogen) atoms. The van der Waals surface area contributed by atoms with Crippen molar-refractivity contribution < 1.29 is 19.1 Å². The van der Waals surface area contributed by atoms with Gasteiger partial charge in [0.05, 0.1) is 6.42 Å². The van der Waals surface area contributed by atoms with E-state index < -0.39 is 5.97 Å². The summed E-state index contributed by atoms with van der Waals surface area (Å²) in [4.78, 5) is 38.2. The van der Waals surface area contributed by atoms with Crippen LogP contribution in [0.4, 0.5) is 5.69 Å². The lowest BCUT2D eigenvalue weighted by Crippen LogP contribution is -2.33. The van der Waals surface area contributed by atoms with E-state index in [0.717, 1.165) is 23.2 Å². The maximum atomic E-state index is 12.4. The van der Waals surface area contributed by atoms with Crippen LogP contribution < -0.4 is 10.2 Å². The Morgan fingerprint density at radius 2 is 1.73 bits per heavy atom. The van der Waals surface area contributed by atoms with E-state index in [2.05, 4.69) is 26.1 Å². The minimum atomic E-state index is -0.515. The zero-order chi connectivity index (χ0) is 21.7. The molecule has 0 aliphatic carbocycles. The molecule has 0 bridgehead atoms. The Morgan fingerprint density at radius 1 is 1.03 bits per heavy atom. The first-order valence-corrected chi connectivity index (χ1v) is 10.2. The molecule has 0 spiro atoms. The van der Waals surface area contributed by atoms with Crippen molar-refractivity contribution in [1.82, 2.24) is 5.32 Å². The molecule has 0 saturated carbocycles. The van der Waals surface area contributed by atoms with Gasteiger partial charge in [0.1, 0.15) is 0 Å². The van der Waals surface area contributed by atoms with Gasteiger partial charge in [-0.25, -0.2) is 0 Å². The lowest BCUT2D eigenvalue weighted by Gasteiger charge is -2.19. The number of ether oxygens (including phenoxy) is 1. The van der Waals surface area contributed by atoms with Gasteiger partial charge < -0.3 is 15.0 Å². The normalized spacial score (nSPS) is 13.0. The topological polar surface area (TPSA) is 75.7 Å². The highest BCUT2D eigenvalue weighted by molar-refractivity contribution is 5.97. The van der Waals surface area contributed by atoms with Crippen LogP contribution in [0.3, 0.4) is 0 Å². The molecule has 3 rings (SSSR count). The first-order chi connectivity index (χ1) is 14.3. The van der Waals surface area contributed by atoms with Crippen LogP contribution in [0, 0.1) is 0 Å². The second-order valence-electron chi connectivity index (χ2n) is 8.42. The van der Waals surface area contributed by atoms with Gasteiger partial charge in [-0.15, -0.1) is 0 Å². The molecule has 0 unspecified atom stereocenters. The third-order valence-corrected chi connectivity index (χ3v) is 5.17. The summed E-state index contributed by atoms with van der Waals surface area (Å²) in [5.41, 5.74) is 3.71. The molecule has 1 aliphatic rings. The smallest absolute Gasteiger partial charge is 0.308 e. The zero-order valence-corrected chi connectivity index (χ0v) is 17.7. The van der Waals surface area contributed by atoms with Gasteiger partial charge in [-0.05, 0) is 41.2 Å². The number of rotatable bonds is 6. The van der Waals surface area contributed by atoms with Gasteiger partial charge in [-0.1, -0.05) is 51.1 Å². The van der Waals surface area contributed by atoms with Crippen LogP contribution in [-0.2, 0) is 26.2 Å². The van der Waals surface area contributed by atoms with Gasteiger partial charge in [0.25, 0.3) is 11.8 Å². The minimum Gasteiger partial charge on any atom is -0.455 e. The van der Waals surface area contributed by atoms with Crippen molar-refractivity contribution >= 4 is 23.5 Å². The summed E-state index contributed by atoms with van der Waals surface area (Å²) in [5.74, 6) is -0.997. The fourth-order valence-electron chi connectivity index (χ4n) is 3.39. The molecule has 2 amide bonds. The van der Waals surface area contributed by atoms with Crippen LogP contribution in [0.15, 0.2) is 48.5 Å². The number of amides is 2. The summed E-state index contributed by atoms with van der Waals surface area (Å²) < 4.78 is 5.09. The number of esters is 1. The number of benzene rings is 2. The van der Waals surface area contributed by atoms with Crippen LogP contribution in [-0.4, -0.2) is 37.5 Å². The zero-order valence-electron chi connectivity index (χ0n) is 17.7. The second kappa shape index (κ2) is 9.11. The summed E-state index contributed by atoms with van der Waals surface area (Å²) in [6.45, 7) is 6.79. The number of para-hydroxylation sites is 1. The third-order valence-electron chi connectivity index (χ3n) is 5.17. The predicted molar refractivity (Wildman–Crippen MR) is 116 cm³/mol. The van der Waals surface area contributed by atoms with Gasteiger partial charge in [-0.3, -0.25) is 14.4 Å². The molecule has 0 fully saturated rings. The highest BCUT2D eigenvalue weighted by Gasteiger charge is 2.24. The van der Waals surface area contributed by atoms with Crippen molar-refractivity contribution in [1.29, 1.82) is 0 Å². The molecule has 0 atom stereocenters. The first kappa shape index (κ1) is 21.6. The number of hydrogen-bond donors (Lipinski definition) is 1. The SMILES string of the molecule is CC(C)(C)c1ccc(C(=O)NCCC(=O)OCC(=O)N2CCc3ccccc32)cc1. The number of carbonyl (C=O) groups is 3. The Morgan fingerprint density at radius 3 is 2.43 bits per heavy atom. The van der Waals surface area contributed by atoms with Crippen molar-refractivity contribution in [2.45, 2.75) is 39.0 Å². The van der Waals surface area contributed by atoms with Gasteiger partial charge in [-0.2, -0.15) is 0 Å². The molecule has 6 heteroatoms. The molecule has 0 radical (unpaired) electrons. The van der Waals surface area contributed by atoms with E-state index in [1.807, 2.05) is 36.4 Å². The molecule has 158 valence electrons. The second-order valence-corrected chi connectivity index (χ2v) is 8.42. The van der Waals surface area contributed by atoms with E-state index in [1.54, 1.807) is 17.0 Å². The summed E-state index contributed by atoms with van der Waals surface area (Å²) in [6.07, 6.45) is 0.814. The summed E-state index contributed by atoms with van der Waals surface area (Å²) in [5, 5.41) is 2.71. The summed E-state index contributed by atoms with van der Waals surface area (Å²) in [6, 6.07) is 15.1. The average Bonchev–Trinajstić information content (AvgIpc) is 3.15. The van der Waals surface area contributed by atoms with Crippen LogP contribution in [0.1, 0.15) is 48.7 Å². The lowest BCUT2D eigenvalue weighted by molar-refractivity contribution is -0.147. The standard InChI is InChI=1S/C24H28N2O4/c1-24(2,3)19-10-8-18(9-11-19)23(29)25-14-12-22(28)30-16-21(27)26-15-13-17-6-4-5-7-20(17)26/h4-11H,12-16H2,1-3H3,(H,25,29). The minimum absolute atomic E-state index is 0.00960. The van der Waals surface area contributed by atoms with E-state index >= 15 is 0 Å². The Labute approximate surface area is 177 Å². The number of nitrogens with one attached hydrogen (secondary N) is 1. The predicted octanol–water partition coefficient (Wildman–Crippen LogP) is 3.24. The van der Waals surface area contributed by atoms with Crippen molar-refractivity contribution in [3.05, 3.63) is 65.2 Å². The van der Waals surface area contributed by atoms with E-state index in [0.29, 0.717) is 12.1 Å². The molecule has 2 aromatic rings. The van der Waals surface area contributed by atoms with Crippen molar-refractivity contribution in [2.24, 2.45) is 0 Å². The Balaban J connectivity index is 1.40. The van der Waals surface area contributed by atoms with Gasteiger partial charge in [0.15, 0.2) is 6.61 Å². The maximum absolute atomic E-state index is 12.4. The van der Waals surface area contributed by atoms with Crippen LogP contribution >= 0.6 is 0 Å². The number of carbonyl (C=O) groups excluding carboxylic acids is 3. The Kier molecular flexibility index (Phi) is 6.55. The van der Waals surface area contributed by atoms with Crippen molar-refractivity contribution in [3.8, 4) is 0 Å². The monoisotopic (exact) mass is 408 g/mol. The fourth-order valence-corrected chi connectivity index (χ4v) is 3.39. The molecular formula is C24H28N2O4. The molecule has 0 aromatic heterocycles.